The molecular formula is C37H60N6O7. The Labute approximate surface area is 297 Å². The average Bonchev–Trinajstić information content (AvgIpc) is 3.73. The van der Waals surface area contributed by atoms with Crippen LogP contribution < -0.4 is 16.4 Å². The number of anilines is 1. The Morgan fingerprint density at radius 2 is 1.78 bits per heavy atom. The summed E-state index contributed by atoms with van der Waals surface area (Å²) in [6.07, 6.45) is 3.67. The lowest BCUT2D eigenvalue weighted by molar-refractivity contribution is -0.146. The fourth-order valence-corrected chi connectivity index (χ4v) is 7.54. The zero-order chi connectivity index (χ0) is 37.2. The molecule has 2 fully saturated rings. The van der Waals surface area contributed by atoms with E-state index in [1.807, 2.05) is 44.9 Å². The molecule has 2 aliphatic heterocycles. The van der Waals surface area contributed by atoms with E-state index in [1.54, 1.807) is 43.0 Å². The number of aldehydes is 1. The van der Waals surface area contributed by atoms with E-state index < -0.39 is 35.7 Å². The molecule has 2 aliphatic rings. The highest BCUT2D eigenvalue weighted by atomic mass is 16.5. The minimum atomic E-state index is -0.729. The standard InChI is InChI=1S/C37H60N6O7/c1-9-24(2)33(42(6)32(46)22-39-36(48)37(4)17-11-18-41(37)5)30(49-7)21-31(45)43-19-10-12-29(43)34(50-8)25(3)35(47)40-28(23-44)20-26-13-15-27(38)16-14-26/h13-16,23-25,28-30,33-34H,9-12,17-22,38H2,1-8H3,(H,39,48)(H,40,47). The fourth-order valence-electron chi connectivity index (χ4n) is 7.54. The highest BCUT2D eigenvalue weighted by molar-refractivity contribution is 5.90. The molecule has 13 heteroatoms. The van der Waals surface area contributed by atoms with Gasteiger partial charge in [0.25, 0.3) is 0 Å². The molecule has 3 rings (SSSR count). The summed E-state index contributed by atoms with van der Waals surface area (Å²) in [4.78, 5) is 71.2. The van der Waals surface area contributed by atoms with Gasteiger partial charge in [0.1, 0.15) is 6.29 Å². The van der Waals surface area contributed by atoms with Crippen molar-refractivity contribution in [3.63, 3.8) is 0 Å². The Kier molecular flexibility index (Phi) is 15.2. The van der Waals surface area contributed by atoms with Crippen LogP contribution in [0.4, 0.5) is 5.69 Å². The van der Waals surface area contributed by atoms with Crippen molar-refractivity contribution >= 4 is 35.6 Å². The molecule has 50 heavy (non-hydrogen) atoms. The summed E-state index contributed by atoms with van der Waals surface area (Å²) >= 11 is 0. The van der Waals surface area contributed by atoms with E-state index >= 15 is 0 Å². The van der Waals surface area contributed by atoms with Gasteiger partial charge in [0.05, 0.1) is 54.8 Å². The zero-order valence-electron chi connectivity index (χ0n) is 31.3. The molecule has 2 saturated heterocycles. The first-order valence-electron chi connectivity index (χ1n) is 17.9. The van der Waals surface area contributed by atoms with Crippen LogP contribution in [-0.4, -0.2) is 128 Å². The van der Waals surface area contributed by atoms with Crippen LogP contribution in [0, 0.1) is 11.8 Å². The molecular weight excluding hydrogens is 640 g/mol. The number of nitrogens with one attached hydrogen (secondary N) is 2. The smallest absolute Gasteiger partial charge is 0.242 e. The third kappa shape index (κ3) is 9.82. The first-order valence-corrected chi connectivity index (χ1v) is 17.9. The van der Waals surface area contributed by atoms with Crippen molar-refractivity contribution in [2.24, 2.45) is 11.8 Å². The van der Waals surface area contributed by atoms with Crippen LogP contribution >= 0.6 is 0 Å². The van der Waals surface area contributed by atoms with Crippen molar-refractivity contribution in [3.05, 3.63) is 29.8 Å². The van der Waals surface area contributed by atoms with E-state index in [0.717, 1.165) is 44.1 Å². The van der Waals surface area contributed by atoms with E-state index in [0.29, 0.717) is 25.1 Å². The molecule has 0 aliphatic carbocycles. The molecule has 1 aromatic carbocycles. The topological polar surface area (TPSA) is 164 Å². The van der Waals surface area contributed by atoms with Gasteiger partial charge in [0.15, 0.2) is 0 Å². The highest BCUT2D eigenvalue weighted by Crippen LogP contribution is 2.30. The molecule has 0 aromatic heterocycles. The number of hydrogen-bond donors (Lipinski definition) is 3. The van der Waals surface area contributed by atoms with Crippen LogP contribution in [0.2, 0.25) is 0 Å². The Balaban J connectivity index is 1.67. The van der Waals surface area contributed by atoms with Crippen molar-refractivity contribution in [1.82, 2.24) is 25.3 Å². The molecule has 13 nitrogen and oxygen atoms in total. The van der Waals surface area contributed by atoms with Gasteiger partial charge in [-0.2, -0.15) is 0 Å². The molecule has 0 bridgehead atoms. The third-order valence-electron chi connectivity index (χ3n) is 11.1. The van der Waals surface area contributed by atoms with Crippen LogP contribution in [0.5, 0.6) is 0 Å². The van der Waals surface area contributed by atoms with E-state index in [-0.39, 0.29) is 48.6 Å². The molecule has 8 atom stereocenters. The lowest BCUT2D eigenvalue weighted by Gasteiger charge is -2.39. The number of rotatable bonds is 18. The lowest BCUT2D eigenvalue weighted by atomic mass is 9.90. The van der Waals surface area contributed by atoms with Gasteiger partial charge in [-0.1, -0.05) is 39.3 Å². The van der Waals surface area contributed by atoms with Gasteiger partial charge in [0, 0.05) is 33.5 Å². The molecule has 0 saturated carbocycles. The molecule has 4 N–H and O–H groups in total. The predicted molar refractivity (Wildman–Crippen MR) is 192 cm³/mol. The third-order valence-corrected chi connectivity index (χ3v) is 11.1. The maximum absolute atomic E-state index is 14.0. The number of ether oxygens (including phenoxy) is 2. The summed E-state index contributed by atoms with van der Waals surface area (Å²) in [7, 11) is 6.69. The average molecular weight is 701 g/mol. The predicted octanol–water partition coefficient (Wildman–Crippen LogP) is 2.02. The van der Waals surface area contributed by atoms with Crippen molar-refractivity contribution in [1.29, 1.82) is 0 Å². The lowest BCUT2D eigenvalue weighted by Crippen LogP contribution is -2.56. The Bertz CT molecular complexity index is 1310. The maximum atomic E-state index is 14.0. The monoisotopic (exact) mass is 700 g/mol. The maximum Gasteiger partial charge on any atom is 0.242 e. The van der Waals surface area contributed by atoms with Crippen LogP contribution in [0.25, 0.3) is 0 Å². The molecule has 1 aromatic rings. The van der Waals surface area contributed by atoms with Crippen molar-refractivity contribution < 1.29 is 33.4 Å². The fraction of sp³-hybridized carbons (Fsp3) is 0.703. The Morgan fingerprint density at radius 3 is 2.34 bits per heavy atom. The summed E-state index contributed by atoms with van der Waals surface area (Å²) in [5.41, 5.74) is 6.61. The summed E-state index contributed by atoms with van der Waals surface area (Å²) < 4.78 is 11.8. The van der Waals surface area contributed by atoms with E-state index in [1.165, 1.54) is 7.11 Å². The summed E-state index contributed by atoms with van der Waals surface area (Å²) in [6.45, 7) is 8.89. The number of nitrogen functional groups attached to an aromatic ring is 1. The van der Waals surface area contributed by atoms with Gasteiger partial charge in [-0.05, 0) is 76.2 Å². The zero-order valence-corrected chi connectivity index (χ0v) is 31.3. The number of carbonyl (C=O) groups is 5. The SMILES string of the molecule is CCC(C)C(C(CC(=O)N1CCCC1C(OC)C(C)C(=O)NC(C=O)Cc1ccc(N)cc1)OC)N(C)C(=O)CNC(=O)C1(C)CCCN1C. The molecule has 4 amide bonds. The van der Waals surface area contributed by atoms with Crippen LogP contribution in [0.3, 0.4) is 0 Å². The minimum absolute atomic E-state index is 0.000269. The highest BCUT2D eigenvalue weighted by Gasteiger charge is 2.43. The second kappa shape index (κ2) is 18.6. The molecule has 2 heterocycles. The number of methoxy groups -OCH3 is 2. The van der Waals surface area contributed by atoms with Crippen molar-refractivity contribution in [2.75, 3.05) is 53.7 Å². The Hall–Kier alpha value is -3.55. The number of carbonyl (C=O) groups excluding carboxylic acids is 5. The normalized spacial score (nSPS) is 23.0. The van der Waals surface area contributed by atoms with Crippen molar-refractivity contribution in [2.45, 2.75) is 109 Å². The molecule has 8 unspecified atom stereocenters. The quantitative estimate of drug-likeness (QED) is 0.154. The van der Waals surface area contributed by atoms with Crippen LogP contribution in [0.1, 0.15) is 71.8 Å². The van der Waals surface area contributed by atoms with Gasteiger partial charge in [-0.15, -0.1) is 0 Å². The van der Waals surface area contributed by atoms with Gasteiger partial charge >= 0.3 is 0 Å². The van der Waals surface area contributed by atoms with Crippen LogP contribution in [-0.2, 0) is 39.9 Å². The van der Waals surface area contributed by atoms with Gasteiger partial charge in [0.2, 0.25) is 23.6 Å². The number of hydrogen-bond acceptors (Lipinski definition) is 9. The Morgan fingerprint density at radius 1 is 1.10 bits per heavy atom. The number of benzene rings is 1. The number of nitrogens with zero attached hydrogens (tertiary/aromatic N) is 3. The molecule has 0 radical (unpaired) electrons. The first-order chi connectivity index (χ1) is 23.7. The number of nitrogens with two attached hydrogens (primary N) is 1. The van der Waals surface area contributed by atoms with E-state index in [2.05, 4.69) is 10.6 Å². The summed E-state index contributed by atoms with van der Waals surface area (Å²) in [5, 5.41) is 5.69. The number of amides is 4. The summed E-state index contributed by atoms with van der Waals surface area (Å²) in [6, 6.07) is 5.63. The number of likely N-dealkylation sites (N-methyl/N-ethyl adjacent to an activating group) is 2. The van der Waals surface area contributed by atoms with Crippen molar-refractivity contribution in [3.8, 4) is 0 Å². The van der Waals surface area contributed by atoms with Gasteiger partial charge in [-0.25, -0.2) is 0 Å². The van der Waals surface area contributed by atoms with Gasteiger partial charge in [-0.3, -0.25) is 24.1 Å². The molecule has 280 valence electrons. The minimum Gasteiger partial charge on any atom is -0.399 e. The van der Waals surface area contributed by atoms with Gasteiger partial charge < -0.3 is 40.4 Å². The second-order valence-corrected chi connectivity index (χ2v) is 14.3. The second-order valence-electron chi connectivity index (χ2n) is 14.3. The molecule has 0 spiro atoms. The number of likely N-dealkylation sites (tertiary alicyclic amines) is 2. The largest absolute Gasteiger partial charge is 0.399 e. The van der Waals surface area contributed by atoms with E-state index in [4.69, 9.17) is 15.2 Å². The van der Waals surface area contributed by atoms with E-state index in [9.17, 15) is 24.0 Å². The first kappa shape index (κ1) is 40.9. The summed E-state index contributed by atoms with van der Waals surface area (Å²) in [5.74, 6) is -1.56. The van der Waals surface area contributed by atoms with Crippen LogP contribution in [0.15, 0.2) is 24.3 Å².